The second kappa shape index (κ2) is 6.19. The maximum Gasteiger partial charge on any atom is 0.0774 e. The molecule has 18 heavy (non-hydrogen) atoms. The van der Waals surface area contributed by atoms with Gasteiger partial charge in [0.05, 0.1) is 18.4 Å². The molecule has 0 aliphatic carbocycles. The molecule has 1 aromatic heterocycles. The summed E-state index contributed by atoms with van der Waals surface area (Å²) in [7, 11) is 1.90. The van der Waals surface area contributed by atoms with Crippen molar-refractivity contribution >= 4 is 5.69 Å². The van der Waals surface area contributed by atoms with E-state index in [1.165, 1.54) is 24.8 Å². The first-order valence-electron chi connectivity index (χ1n) is 6.46. The number of aromatic nitrogens is 3. The van der Waals surface area contributed by atoms with E-state index in [1.807, 2.05) is 7.05 Å². The summed E-state index contributed by atoms with van der Waals surface area (Å²) in [5.74, 6) is 0. The van der Waals surface area contributed by atoms with E-state index in [1.54, 1.807) is 10.9 Å². The fourth-order valence-electron chi connectivity index (χ4n) is 1.83. The first-order valence-corrected chi connectivity index (χ1v) is 6.46. The maximum absolute atomic E-state index is 3.90. The molecule has 0 bridgehead atoms. The van der Waals surface area contributed by atoms with Crippen LogP contribution in [0.15, 0.2) is 30.5 Å². The van der Waals surface area contributed by atoms with Gasteiger partial charge in [0.1, 0.15) is 0 Å². The number of hydrogen-bond acceptors (Lipinski definition) is 3. The van der Waals surface area contributed by atoms with E-state index in [0.717, 1.165) is 17.9 Å². The quantitative estimate of drug-likeness (QED) is 0.849. The van der Waals surface area contributed by atoms with E-state index < -0.39 is 0 Å². The smallest absolute Gasteiger partial charge is 0.0774 e. The maximum atomic E-state index is 3.90. The standard InChI is InChI=1S/C14H20N4/c1-3-4-5-12-6-8-13(9-7-12)15-10-14-11-16-17-18(14)2/h6-9,11,15H,3-5,10H2,1-2H3. The number of benzene rings is 1. The molecule has 4 heteroatoms. The van der Waals surface area contributed by atoms with Gasteiger partial charge in [0.2, 0.25) is 0 Å². The Kier molecular flexibility index (Phi) is 4.34. The first-order chi connectivity index (χ1) is 8.79. The van der Waals surface area contributed by atoms with Gasteiger partial charge in [-0.15, -0.1) is 5.10 Å². The van der Waals surface area contributed by atoms with Crippen LogP contribution in [-0.4, -0.2) is 15.0 Å². The number of nitrogens with zero attached hydrogens (tertiary/aromatic N) is 3. The largest absolute Gasteiger partial charge is 0.379 e. The molecule has 0 aliphatic rings. The Balaban J connectivity index is 1.88. The average Bonchev–Trinajstić information content (AvgIpc) is 2.81. The molecule has 0 aliphatic heterocycles. The highest BCUT2D eigenvalue weighted by atomic mass is 15.4. The third kappa shape index (κ3) is 3.32. The molecule has 0 unspecified atom stereocenters. The fourth-order valence-corrected chi connectivity index (χ4v) is 1.83. The zero-order chi connectivity index (χ0) is 12.8. The summed E-state index contributed by atoms with van der Waals surface area (Å²) in [6.45, 7) is 2.97. The van der Waals surface area contributed by atoms with Crippen molar-refractivity contribution in [3.8, 4) is 0 Å². The van der Waals surface area contributed by atoms with Crippen LogP contribution in [0.3, 0.4) is 0 Å². The van der Waals surface area contributed by atoms with Gasteiger partial charge in [0, 0.05) is 12.7 Å². The topological polar surface area (TPSA) is 42.7 Å². The molecule has 1 aromatic carbocycles. The van der Waals surface area contributed by atoms with Crippen molar-refractivity contribution in [2.75, 3.05) is 5.32 Å². The van der Waals surface area contributed by atoms with Crippen LogP contribution in [0.2, 0.25) is 0 Å². The lowest BCUT2D eigenvalue weighted by Crippen LogP contribution is -2.05. The van der Waals surface area contributed by atoms with Crippen LogP contribution < -0.4 is 5.32 Å². The SMILES string of the molecule is CCCCc1ccc(NCc2cnnn2C)cc1. The van der Waals surface area contributed by atoms with E-state index >= 15 is 0 Å². The molecule has 0 atom stereocenters. The van der Waals surface area contributed by atoms with Crippen LogP contribution in [0.4, 0.5) is 5.69 Å². The number of aryl methyl sites for hydroxylation is 2. The van der Waals surface area contributed by atoms with Crippen molar-refractivity contribution in [2.45, 2.75) is 32.7 Å². The Morgan fingerprint density at radius 3 is 2.61 bits per heavy atom. The Bertz CT molecular complexity index is 473. The number of nitrogens with one attached hydrogen (secondary N) is 1. The zero-order valence-corrected chi connectivity index (χ0v) is 11.1. The summed E-state index contributed by atoms with van der Waals surface area (Å²) < 4.78 is 1.78. The monoisotopic (exact) mass is 244 g/mol. The van der Waals surface area contributed by atoms with Crippen LogP contribution in [0, 0.1) is 0 Å². The second-order valence-corrected chi connectivity index (χ2v) is 4.50. The van der Waals surface area contributed by atoms with Gasteiger partial charge in [0.15, 0.2) is 0 Å². The highest BCUT2D eigenvalue weighted by Crippen LogP contribution is 2.12. The molecule has 96 valence electrons. The van der Waals surface area contributed by atoms with Gasteiger partial charge in [-0.05, 0) is 30.5 Å². The summed E-state index contributed by atoms with van der Waals surface area (Å²) in [5.41, 5.74) is 3.62. The summed E-state index contributed by atoms with van der Waals surface area (Å²) in [4.78, 5) is 0. The molecule has 2 rings (SSSR count). The summed E-state index contributed by atoms with van der Waals surface area (Å²) in [6.07, 6.45) is 5.45. The minimum Gasteiger partial charge on any atom is -0.379 e. The highest BCUT2D eigenvalue weighted by molar-refractivity contribution is 5.44. The predicted molar refractivity (Wildman–Crippen MR) is 73.4 cm³/mol. The summed E-state index contributed by atoms with van der Waals surface area (Å²) in [5, 5.41) is 11.1. The molecule has 0 fully saturated rings. The number of rotatable bonds is 6. The highest BCUT2D eigenvalue weighted by Gasteiger charge is 1.99. The second-order valence-electron chi connectivity index (χ2n) is 4.50. The molecule has 0 spiro atoms. The number of hydrogen-bond donors (Lipinski definition) is 1. The van der Waals surface area contributed by atoms with Crippen LogP contribution >= 0.6 is 0 Å². The van der Waals surface area contributed by atoms with Gasteiger partial charge >= 0.3 is 0 Å². The Morgan fingerprint density at radius 2 is 2.00 bits per heavy atom. The van der Waals surface area contributed by atoms with E-state index in [0.29, 0.717) is 0 Å². The Labute approximate surface area is 108 Å². The van der Waals surface area contributed by atoms with E-state index in [9.17, 15) is 0 Å². The van der Waals surface area contributed by atoms with Gasteiger partial charge < -0.3 is 5.32 Å². The van der Waals surface area contributed by atoms with Crippen molar-refractivity contribution in [1.29, 1.82) is 0 Å². The van der Waals surface area contributed by atoms with Gasteiger partial charge in [-0.3, -0.25) is 4.68 Å². The van der Waals surface area contributed by atoms with E-state index in [4.69, 9.17) is 0 Å². The van der Waals surface area contributed by atoms with E-state index in [2.05, 4.69) is 46.8 Å². The van der Waals surface area contributed by atoms with Gasteiger partial charge in [-0.25, -0.2) is 0 Å². The minimum atomic E-state index is 0.748. The number of unbranched alkanes of at least 4 members (excludes halogenated alkanes) is 1. The van der Waals surface area contributed by atoms with E-state index in [-0.39, 0.29) is 0 Å². The summed E-state index contributed by atoms with van der Waals surface area (Å²) >= 11 is 0. The molecule has 2 aromatic rings. The lowest BCUT2D eigenvalue weighted by atomic mass is 10.1. The van der Waals surface area contributed by atoms with Crippen LogP contribution in [0.25, 0.3) is 0 Å². The predicted octanol–water partition coefficient (Wildman–Crippen LogP) is 2.77. The molecule has 1 N–H and O–H groups in total. The minimum absolute atomic E-state index is 0.748. The first kappa shape index (κ1) is 12.6. The molecule has 0 radical (unpaired) electrons. The molecular weight excluding hydrogens is 224 g/mol. The van der Waals surface area contributed by atoms with Crippen LogP contribution in [0.1, 0.15) is 31.0 Å². The third-order valence-corrected chi connectivity index (χ3v) is 3.05. The molecule has 4 nitrogen and oxygen atoms in total. The zero-order valence-electron chi connectivity index (χ0n) is 11.1. The molecule has 0 saturated heterocycles. The van der Waals surface area contributed by atoms with Crippen LogP contribution in [-0.2, 0) is 20.0 Å². The summed E-state index contributed by atoms with van der Waals surface area (Å²) in [6, 6.07) is 8.66. The Morgan fingerprint density at radius 1 is 1.22 bits per heavy atom. The normalized spacial score (nSPS) is 10.6. The van der Waals surface area contributed by atoms with Gasteiger partial charge in [-0.1, -0.05) is 30.7 Å². The molecule has 1 heterocycles. The molecule has 0 amide bonds. The van der Waals surface area contributed by atoms with Crippen molar-refractivity contribution in [1.82, 2.24) is 15.0 Å². The van der Waals surface area contributed by atoms with Gasteiger partial charge in [0.25, 0.3) is 0 Å². The fraction of sp³-hybridized carbons (Fsp3) is 0.429. The third-order valence-electron chi connectivity index (χ3n) is 3.05. The lowest BCUT2D eigenvalue weighted by Gasteiger charge is -2.07. The molecular formula is C14H20N4. The van der Waals surface area contributed by atoms with Gasteiger partial charge in [-0.2, -0.15) is 0 Å². The average molecular weight is 244 g/mol. The molecule has 0 saturated carbocycles. The van der Waals surface area contributed by atoms with Crippen molar-refractivity contribution in [3.05, 3.63) is 41.7 Å². The number of anilines is 1. The Hall–Kier alpha value is -1.84. The van der Waals surface area contributed by atoms with Crippen molar-refractivity contribution in [3.63, 3.8) is 0 Å². The van der Waals surface area contributed by atoms with Crippen molar-refractivity contribution < 1.29 is 0 Å². The van der Waals surface area contributed by atoms with Crippen molar-refractivity contribution in [2.24, 2.45) is 7.05 Å². The lowest BCUT2D eigenvalue weighted by molar-refractivity contribution is 0.683. The van der Waals surface area contributed by atoms with Crippen LogP contribution in [0.5, 0.6) is 0 Å².